The maximum atomic E-state index is 13.4. The van der Waals surface area contributed by atoms with Gasteiger partial charge in [-0.25, -0.2) is 4.39 Å². The second-order valence-electron chi connectivity index (χ2n) is 4.57. The summed E-state index contributed by atoms with van der Waals surface area (Å²) in [5, 5.41) is 0. The van der Waals surface area contributed by atoms with E-state index in [1.807, 2.05) is 0 Å². The van der Waals surface area contributed by atoms with E-state index in [-0.39, 0.29) is 24.6 Å². The van der Waals surface area contributed by atoms with Crippen LogP contribution in [0.5, 0.6) is 0 Å². The van der Waals surface area contributed by atoms with Crippen LogP contribution < -0.4 is 10.9 Å². The number of carbonyl (C=O) groups excluding carboxylic acids is 2. The van der Waals surface area contributed by atoms with Crippen molar-refractivity contribution in [3.05, 3.63) is 69.9 Å². The normalized spacial score (nSPS) is 10.1. The lowest BCUT2D eigenvalue weighted by Gasteiger charge is -2.08. The first-order valence-corrected chi connectivity index (χ1v) is 7.44. The predicted molar refractivity (Wildman–Crippen MR) is 84.5 cm³/mol. The Balaban J connectivity index is 1.82. The Hall–Kier alpha value is -2.21. The second-order valence-corrected chi connectivity index (χ2v) is 5.43. The van der Waals surface area contributed by atoms with E-state index in [1.165, 1.54) is 6.07 Å². The average Bonchev–Trinajstić information content (AvgIpc) is 2.52. The summed E-state index contributed by atoms with van der Waals surface area (Å²) in [5.41, 5.74) is 5.53. The number of hydrogen-bond acceptors (Lipinski definition) is 2. The van der Waals surface area contributed by atoms with Gasteiger partial charge in [-0.3, -0.25) is 20.4 Å². The van der Waals surface area contributed by atoms with Crippen molar-refractivity contribution >= 4 is 27.7 Å². The van der Waals surface area contributed by atoms with Gasteiger partial charge in [-0.05, 0) is 46.1 Å². The molecule has 0 atom stereocenters. The molecule has 2 aromatic carbocycles. The summed E-state index contributed by atoms with van der Waals surface area (Å²) in [6, 6.07) is 13.2. The zero-order valence-electron chi connectivity index (χ0n) is 11.6. The molecule has 0 spiro atoms. The van der Waals surface area contributed by atoms with Crippen molar-refractivity contribution in [1.82, 2.24) is 10.9 Å². The highest BCUT2D eigenvalue weighted by Crippen LogP contribution is 2.15. The van der Waals surface area contributed by atoms with E-state index in [0.29, 0.717) is 15.6 Å². The lowest BCUT2D eigenvalue weighted by atomic mass is 10.1. The number of rotatable bonds is 4. The van der Waals surface area contributed by atoms with Crippen molar-refractivity contribution in [1.29, 1.82) is 0 Å². The number of amides is 2. The molecule has 0 saturated carbocycles. The van der Waals surface area contributed by atoms with E-state index in [4.69, 9.17) is 0 Å². The number of hydrazine groups is 1. The smallest absolute Gasteiger partial charge is 0.270 e. The molecule has 0 heterocycles. The van der Waals surface area contributed by atoms with Gasteiger partial charge in [0.15, 0.2) is 0 Å². The lowest BCUT2D eigenvalue weighted by molar-refractivity contribution is -0.121. The molecule has 0 saturated heterocycles. The number of carbonyl (C=O) groups is 2. The largest absolute Gasteiger partial charge is 0.273 e. The molecule has 0 unspecified atom stereocenters. The number of aryl methyl sites for hydroxylation is 1. The topological polar surface area (TPSA) is 58.2 Å². The Morgan fingerprint density at radius 1 is 1.00 bits per heavy atom. The molecule has 6 heteroatoms. The van der Waals surface area contributed by atoms with Crippen LogP contribution in [0.15, 0.2) is 53.0 Å². The molecule has 22 heavy (non-hydrogen) atoms. The summed E-state index contributed by atoms with van der Waals surface area (Å²) in [7, 11) is 0. The molecule has 2 amide bonds. The van der Waals surface area contributed by atoms with Crippen molar-refractivity contribution < 1.29 is 14.0 Å². The fourth-order valence-electron chi connectivity index (χ4n) is 1.85. The minimum Gasteiger partial charge on any atom is -0.273 e. The minimum atomic E-state index is -0.424. The third kappa shape index (κ3) is 4.39. The van der Waals surface area contributed by atoms with E-state index in [0.717, 1.165) is 0 Å². The number of benzene rings is 2. The molecule has 0 bridgehead atoms. The quantitative estimate of drug-likeness (QED) is 0.819. The van der Waals surface area contributed by atoms with Crippen LogP contribution in [0.4, 0.5) is 4.39 Å². The molecule has 0 radical (unpaired) electrons. The maximum Gasteiger partial charge on any atom is 0.270 e. The van der Waals surface area contributed by atoms with E-state index >= 15 is 0 Å². The van der Waals surface area contributed by atoms with Gasteiger partial charge in [-0.15, -0.1) is 0 Å². The molecule has 2 aromatic rings. The van der Waals surface area contributed by atoms with E-state index < -0.39 is 5.91 Å². The predicted octanol–water partition coefficient (Wildman–Crippen LogP) is 2.98. The highest BCUT2D eigenvalue weighted by Gasteiger charge is 2.10. The molecule has 0 aliphatic heterocycles. The fraction of sp³-hybridized carbons (Fsp3) is 0.125. The third-order valence-corrected chi connectivity index (χ3v) is 3.70. The summed E-state index contributed by atoms with van der Waals surface area (Å²) < 4.78 is 14.0. The first-order valence-electron chi connectivity index (χ1n) is 6.65. The zero-order valence-corrected chi connectivity index (χ0v) is 13.2. The number of halogens is 2. The number of nitrogens with one attached hydrogen (secondary N) is 2. The van der Waals surface area contributed by atoms with Gasteiger partial charge in [-0.1, -0.05) is 30.3 Å². The van der Waals surface area contributed by atoms with Crippen LogP contribution in [0.25, 0.3) is 0 Å². The van der Waals surface area contributed by atoms with Crippen LogP contribution in [0.3, 0.4) is 0 Å². The summed E-state index contributed by atoms with van der Waals surface area (Å²) in [5.74, 6) is -1.15. The van der Waals surface area contributed by atoms with Crippen molar-refractivity contribution in [3.63, 3.8) is 0 Å². The molecule has 114 valence electrons. The Kier molecular flexibility index (Phi) is 5.66. The van der Waals surface area contributed by atoms with Crippen LogP contribution in [0.2, 0.25) is 0 Å². The van der Waals surface area contributed by atoms with Crippen LogP contribution in [0.1, 0.15) is 22.3 Å². The first kappa shape index (κ1) is 16.2. The molecule has 0 aliphatic carbocycles. The average molecular weight is 365 g/mol. The first-order chi connectivity index (χ1) is 10.6. The summed E-state index contributed by atoms with van der Waals surface area (Å²) in [6.45, 7) is 0. The van der Waals surface area contributed by atoms with E-state index in [9.17, 15) is 14.0 Å². The Morgan fingerprint density at radius 2 is 1.68 bits per heavy atom. The highest BCUT2D eigenvalue weighted by molar-refractivity contribution is 9.10. The van der Waals surface area contributed by atoms with Crippen LogP contribution in [-0.4, -0.2) is 11.8 Å². The molecule has 0 aromatic heterocycles. The standard InChI is InChI=1S/C16H14BrFN2O2/c17-13-7-3-2-6-12(13)16(22)20-19-15(21)10-9-11-5-1-4-8-14(11)18/h1-8H,9-10H2,(H,19,21)(H,20,22). The van der Waals surface area contributed by atoms with E-state index in [2.05, 4.69) is 26.8 Å². The minimum absolute atomic E-state index is 0.0805. The van der Waals surface area contributed by atoms with Crippen LogP contribution in [0, 0.1) is 5.82 Å². The van der Waals surface area contributed by atoms with Gasteiger partial charge in [0.2, 0.25) is 5.91 Å². The van der Waals surface area contributed by atoms with Crippen molar-refractivity contribution in [3.8, 4) is 0 Å². The van der Waals surface area contributed by atoms with Gasteiger partial charge in [0, 0.05) is 10.9 Å². The monoisotopic (exact) mass is 364 g/mol. The lowest BCUT2D eigenvalue weighted by Crippen LogP contribution is -2.41. The van der Waals surface area contributed by atoms with E-state index in [1.54, 1.807) is 42.5 Å². The molecular formula is C16H14BrFN2O2. The van der Waals surface area contributed by atoms with Crippen LogP contribution in [-0.2, 0) is 11.2 Å². The van der Waals surface area contributed by atoms with Gasteiger partial charge in [-0.2, -0.15) is 0 Å². The molecule has 4 nitrogen and oxygen atoms in total. The maximum absolute atomic E-state index is 13.4. The molecule has 0 fully saturated rings. The summed E-state index contributed by atoms with van der Waals surface area (Å²) in [6.07, 6.45) is 0.348. The SMILES string of the molecule is O=C(CCc1ccccc1F)NNC(=O)c1ccccc1Br. The second kappa shape index (κ2) is 7.70. The van der Waals surface area contributed by atoms with Crippen molar-refractivity contribution in [2.24, 2.45) is 0 Å². The Bertz CT molecular complexity index is 691. The zero-order chi connectivity index (χ0) is 15.9. The van der Waals surface area contributed by atoms with Gasteiger partial charge in [0.05, 0.1) is 5.56 Å². The molecule has 2 N–H and O–H groups in total. The van der Waals surface area contributed by atoms with Crippen molar-refractivity contribution in [2.45, 2.75) is 12.8 Å². The third-order valence-electron chi connectivity index (χ3n) is 3.01. The fourth-order valence-corrected chi connectivity index (χ4v) is 2.32. The molecule has 0 aliphatic rings. The van der Waals surface area contributed by atoms with Gasteiger partial charge in [0.25, 0.3) is 5.91 Å². The van der Waals surface area contributed by atoms with Crippen molar-refractivity contribution in [2.75, 3.05) is 0 Å². The van der Waals surface area contributed by atoms with Gasteiger partial charge < -0.3 is 0 Å². The summed E-state index contributed by atoms with van der Waals surface area (Å²) in [4.78, 5) is 23.6. The molecule has 2 rings (SSSR count). The van der Waals surface area contributed by atoms with Gasteiger partial charge in [0.1, 0.15) is 5.82 Å². The summed E-state index contributed by atoms with van der Waals surface area (Å²) >= 11 is 3.26. The van der Waals surface area contributed by atoms with Gasteiger partial charge >= 0.3 is 0 Å². The highest BCUT2D eigenvalue weighted by atomic mass is 79.9. The molecular weight excluding hydrogens is 351 g/mol. The number of hydrogen-bond donors (Lipinski definition) is 2. The Labute approximate surface area is 135 Å². The Morgan fingerprint density at radius 3 is 2.41 bits per heavy atom. The van der Waals surface area contributed by atoms with Crippen LogP contribution >= 0.6 is 15.9 Å².